The van der Waals surface area contributed by atoms with Crippen LogP contribution in [0.3, 0.4) is 0 Å². The number of hydrogen-bond donors (Lipinski definition) is 0. The summed E-state index contributed by atoms with van der Waals surface area (Å²) in [4.78, 5) is 19.6. The molecule has 2 aromatic rings. The zero-order valence-corrected chi connectivity index (χ0v) is 14.9. The standard InChI is InChI=1S/C14F10O4S2/c15-1-3(17)7(21)11(29-23)9(5(1)19)27-13(25)14(26)28-10-6(20)2(16)4(18)8(22)12(10)30-24. The molecule has 2 rings (SSSR count). The van der Waals surface area contributed by atoms with Gasteiger partial charge in [-0.2, -0.15) is 16.6 Å². The third kappa shape index (κ3) is 4.00. The molecule has 0 atom stereocenters. The minimum atomic E-state index is -2.58. The van der Waals surface area contributed by atoms with Crippen LogP contribution in [0.1, 0.15) is 0 Å². The van der Waals surface area contributed by atoms with E-state index in [1.807, 2.05) is 0 Å². The average Bonchev–Trinajstić information content (AvgIpc) is 2.73. The second-order valence-corrected chi connectivity index (χ2v) is 5.89. The Kier molecular flexibility index (Phi) is 7.12. The normalized spacial score (nSPS) is 10.9. The summed E-state index contributed by atoms with van der Waals surface area (Å²) in [5.41, 5.74) is 0. The van der Waals surface area contributed by atoms with Crippen molar-refractivity contribution in [2.75, 3.05) is 0 Å². The lowest BCUT2D eigenvalue weighted by Crippen LogP contribution is -2.27. The minimum Gasteiger partial charge on any atom is -0.413 e. The Hall–Kier alpha value is -2.62. The van der Waals surface area contributed by atoms with Crippen LogP contribution in [0.2, 0.25) is 0 Å². The van der Waals surface area contributed by atoms with Crippen molar-refractivity contribution in [1.82, 2.24) is 0 Å². The Labute approximate surface area is 166 Å². The van der Waals surface area contributed by atoms with Gasteiger partial charge in [-0.05, 0) is 0 Å². The molecule has 162 valence electrons. The van der Waals surface area contributed by atoms with Gasteiger partial charge < -0.3 is 9.47 Å². The number of halogens is 10. The first-order chi connectivity index (χ1) is 14.0. The predicted octanol–water partition coefficient (Wildman–Crippen LogP) is 5.26. The van der Waals surface area contributed by atoms with E-state index >= 15 is 0 Å². The Balaban J connectivity index is 2.42. The fourth-order valence-electron chi connectivity index (χ4n) is 1.77. The molecule has 0 fully saturated rings. The van der Waals surface area contributed by atoms with Crippen molar-refractivity contribution in [3.8, 4) is 11.5 Å². The van der Waals surface area contributed by atoms with Crippen LogP contribution in [0.15, 0.2) is 9.79 Å². The van der Waals surface area contributed by atoms with E-state index in [1.54, 1.807) is 0 Å². The molecule has 0 saturated carbocycles. The summed E-state index contributed by atoms with van der Waals surface area (Å²) in [5, 5.41) is 0. The van der Waals surface area contributed by atoms with Crippen LogP contribution in [0.4, 0.5) is 42.9 Å². The van der Waals surface area contributed by atoms with Crippen molar-refractivity contribution in [2.24, 2.45) is 0 Å². The maximum Gasteiger partial charge on any atom is 0.423 e. The molecule has 0 aromatic heterocycles. The summed E-state index contributed by atoms with van der Waals surface area (Å²) in [5.74, 6) is -28.8. The first-order valence-electron chi connectivity index (χ1n) is 6.70. The van der Waals surface area contributed by atoms with Gasteiger partial charge in [-0.25, -0.2) is 35.9 Å². The molecule has 0 unspecified atom stereocenters. The van der Waals surface area contributed by atoms with Crippen LogP contribution < -0.4 is 9.47 Å². The lowest BCUT2D eigenvalue weighted by atomic mass is 10.3. The third-order valence-electron chi connectivity index (χ3n) is 3.08. The van der Waals surface area contributed by atoms with Gasteiger partial charge in [0, 0.05) is 0 Å². The van der Waals surface area contributed by atoms with Gasteiger partial charge in [0.1, 0.15) is 9.79 Å². The monoisotopic (exact) mass is 486 g/mol. The third-order valence-corrected chi connectivity index (χ3v) is 4.11. The molecule has 4 nitrogen and oxygen atoms in total. The zero-order valence-electron chi connectivity index (χ0n) is 13.2. The van der Waals surface area contributed by atoms with Gasteiger partial charge in [-0.15, -0.1) is 0 Å². The number of hydrogen-bond acceptors (Lipinski definition) is 6. The largest absolute Gasteiger partial charge is 0.423 e. The van der Waals surface area contributed by atoms with Crippen LogP contribution in [0.25, 0.3) is 0 Å². The lowest BCUT2D eigenvalue weighted by molar-refractivity contribution is -0.156. The Morgan fingerprint density at radius 3 is 1.03 bits per heavy atom. The Morgan fingerprint density at radius 1 is 0.500 bits per heavy atom. The SMILES string of the molecule is O=C(Oc1c(F)c(F)c(F)c(F)c1SF)C(=O)Oc1c(F)c(F)c(F)c(F)c1SF. The summed E-state index contributed by atoms with van der Waals surface area (Å²) in [6, 6.07) is 0. The molecule has 30 heavy (non-hydrogen) atoms. The van der Waals surface area contributed by atoms with Gasteiger partial charge in [0.25, 0.3) is 0 Å². The van der Waals surface area contributed by atoms with Gasteiger partial charge in [-0.3, -0.25) is 0 Å². The maximum absolute atomic E-state index is 13.6. The molecule has 0 spiro atoms. The highest BCUT2D eigenvalue weighted by atomic mass is 32.2. The summed E-state index contributed by atoms with van der Waals surface area (Å²) < 4.78 is 140. The van der Waals surface area contributed by atoms with E-state index in [9.17, 15) is 52.5 Å². The fourth-order valence-corrected chi connectivity index (χ4v) is 2.49. The van der Waals surface area contributed by atoms with Crippen molar-refractivity contribution in [3.05, 3.63) is 46.5 Å². The highest BCUT2D eigenvalue weighted by Crippen LogP contribution is 2.40. The van der Waals surface area contributed by atoms with E-state index < -0.39 is 104 Å². The summed E-state index contributed by atoms with van der Waals surface area (Å²) >= 11 is -2.55. The number of rotatable bonds is 4. The lowest BCUT2D eigenvalue weighted by Gasteiger charge is -2.12. The molecule has 16 heteroatoms. The number of carbonyl (C=O) groups excluding carboxylic acids is 2. The molecule has 0 bridgehead atoms. The molecule has 0 radical (unpaired) electrons. The fraction of sp³-hybridized carbons (Fsp3) is 0. The van der Waals surface area contributed by atoms with E-state index in [0.717, 1.165) is 0 Å². The molecule has 0 heterocycles. The number of ether oxygens (including phenoxy) is 2. The molecule has 0 aliphatic heterocycles. The first-order valence-corrected chi connectivity index (χ1v) is 8.14. The van der Waals surface area contributed by atoms with Gasteiger partial charge in [0.2, 0.25) is 23.3 Å². The summed E-state index contributed by atoms with van der Waals surface area (Å²) in [6.07, 6.45) is 0. The van der Waals surface area contributed by atoms with Crippen LogP contribution in [-0.2, 0) is 9.59 Å². The molecule has 0 N–H and O–H groups in total. The second-order valence-electron chi connectivity index (χ2n) is 4.76. The highest BCUT2D eigenvalue weighted by molar-refractivity contribution is 7.94. The minimum absolute atomic E-state index is 1.27. The summed E-state index contributed by atoms with van der Waals surface area (Å²) in [7, 11) is 0. The second kappa shape index (κ2) is 9.03. The number of carbonyl (C=O) groups is 2. The van der Waals surface area contributed by atoms with Crippen molar-refractivity contribution in [1.29, 1.82) is 0 Å². The number of esters is 2. The quantitative estimate of drug-likeness (QED) is 0.147. The van der Waals surface area contributed by atoms with Gasteiger partial charge in [-0.1, -0.05) is 0 Å². The van der Waals surface area contributed by atoms with E-state index in [-0.39, 0.29) is 0 Å². The molecular weight excluding hydrogens is 486 g/mol. The Bertz CT molecular complexity index is 979. The molecule has 0 amide bonds. The van der Waals surface area contributed by atoms with E-state index in [1.165, 1.54) is 0 Å². The van der Waals surface area contributed by atoms with Crippen molar-refractivity contribution in [3.63, 3.8) is 0 Å². The van der Waals surface area contributed by atoms with Crippen LogP contribution >= 0.6 is 24.3 Å². The van der Waals surface area contributed by atoms with Crippen molar-refractivity contribution >= 4 is 36.2 Å². The average molecular weight is 486 g/mol. The smallest absolute Gasteiger partial charge is 0.413 e. The highest BCUT2D eigenvalue weighted by Gasteiger charge is 2.34. The van der Waals surface area contributed by atoms with Crippen LogP contribution in [-0.4, -0.2) is 11.9 Å². The van der Waals surface area contributed by atoms with Crippen molar-refractivity contribution < 1.29 is 62.0 Å². The van der Waals surface area contributed by atoms with Crippen molar-refractivity contribution in [2.45, 2.75) is 9.79 Å². The zero-order chi connectivity index (χ0) is 22.9. The molecule has 0 aliphatic rings. The number of benzene rings is 2. The predicted molar refractivity (Wildman–Crippen MR) is 77.7 cm³/mol. The van der Waals surface area contributed by atoms with Gasteiger partial charge >= 0.3 is 11.9 Å². The van der Waals surface area contributed by atoms with Crippen LogP contribution in [0, 0.1) is 46.5 Å². The molecule has 0 saturated heterocycles. The maximum atomic E-state index is 13.6. The first kappa shape index (κ1) is 23.7. The Morgan fingerprint density at radius 2 is 0.767 bits per heavy atom. The van der Waals surface area contributed by atoms with Gasteiger partial charge in [0.15, 0.2) is 34.8 Å². The molecule has 2 aromatic carbocycles. The van der Waals surface area contributed by atoms with E-state index in [4.69, 9.17) is 0 Å². The van der Waals surface area contributed by atoms with E-state index in [0.29, 0.717) is 0 Å². The molecule has 0 aliphatic carbocycles. The van der Waals surface area contributed by atoms with Crippen LogP contribution in [0.5, 0.6) is 11.5 Å². The topological polar surface area (TPSA) is 52.6 Å². The molecular formula is C14F10O4S2. The van der Waals surface area contributed by atoms with Gasteiger partial charge in [0.05, 0.1) is 24.3 Å². The summed E-state index contributed by atoms with van der Waals surface area (Å²) in [6.45, 7) is 0. The van der Waals surface area contributed by atoms with E-state index in [2.05, 4.69) is 9.47 Å².